The molecule has 0 spiro atoms. The van der Waals surface area contributed by atoms with Gasteiger partial charge in [-0.3, -0.25) is 5.32 Å². The molecule has 0 aromatic heterocycles. The number of esters is 1. The van der Waals surface area contributed by atoms with Crippen LogP contribution in [-0.2, 0) is 9.53 Å². The first-order valence-corrected chi connectivity index (χ1v) is 8.60. The number of hydrogen-bond acceptors (Lipinski definition) is 4. The molecule has 4 heteroatoms. The van der Waals surface area contributed by atoms with E-state index in [-0.39, 0.29) is 5.97 Å². The van der Waals surface area contributed by atoms with Crippen LogP contribution < -0.4 is 5.32 Å². The van der Waals surface area contributed by atoms with E-state index in [2.05, 4.69) is 31.0 Å². The molecule has 2 unspecified atom stereocenters. The lowest BCUT2D eigenvalue weighted by Gasteiger charge is -2.37. The van der Waals surface area contributed by atoms with Gasteiger partial charge in [-0.25, -0.2) is 4.79 Å². The summed E-state index contributed by atoms with van der Waals surface area (Å²) in [6.45, 7) is 9.55. The van der Waals surface area contributed by atoms with Gasteiger partial charge in [-0.15, -0.1) is 0 Å². The van der Waals surface area contributed by atoms with Crippen molar-refractivity contribution in [2.24, 2.45) is 11.8 Å². The van der Waals surface area contributed by atoms with E-state index in [1.165, 1.54) is 26.4 Å². The predicted octanol–water partition coefficient (Wildman–Crippen LogP) is 2.43. The normalized spacial score (nSPS) is 26.0. The van der Waals surface area contributed by atoms with Gasteiger partial charge >= 0.3 is 5.97 Å². The maximum Gasteiger partial charge on any atom is 0.327 e. The fourth-order valence-corrected chi connectivity index (χ4v) is 3.91. The topological polar surface area (TPSA) is 41.6 Å². The largest absolute Gasteiger partial charge is 0.468 e. The highest BCUT2D eigenvalue weighted by Gasteiger charge is 2.53. The van der Waals surface area contributed by atoms with Crippen molar-refractivity contribution in [3.8, 4) is 0 Å². The van der Waals surface area contributed by atoms with E-state index in [0.717, 1.165) is 38.4 Å². The van der Waals surface area contributed by atoms with Crippen LogP contribution in [0.4, 0.5) is 0 Å². The molecule has 1 aliphatic carbocycles. The van der Waals surface area contributed by atoms with Crippen molar-refractivity contribution in [1.29, 1.82) is 0 Å². The Bertz CT molecular complexity index is 355. The molecule has 122 valence electrons. The fraction of sp³-hybridized carbons (Fsp3) is 0.941. The lowest BCUT2D eigenvalue weighted by atomic mass is 9.91. The van der Waals surface area contributed by atoms with E-state index in [9.17, 15) is 4.79 Å². The Hall–Kier alpha value is -0.610. The van der Waals surface area contributed by atoms with E-state index >= 15 is 0 Å². The van der Waals surface area contributed by atoms with Gasteiger partial charge in [0.05, 0.1) is 7.11 Å². The number of likely N-dealkylation sites (tertiary alicyclic amines) is 1. The Morgan fingerprint density at radius 1 is 1.38 bits per heavy atom. The van der Waals surface area contributed by atoms with Gasteiger partial charge in [0.1, 0.15) is 5.54 Å². The minimum atomic E-state index is -0.496. The third kappa shape index (κ3) is 3.98. The quantitative estimate of drug-likeness (QED) is 0.699. The van der Waals surface area contributed by atoms with Crippen molar-refractivity contribution in [3.05, 3.63) is 0 Å². The predicted molar refractivity (Wildman–Crippen MR) is 85.2 cm³/mol. The minimum Gasteiger partial charge on any atom is -0.468 e. The van der Waals surface area contributed by atoms with Gasteiger partial charge in [0.15, 0.2) is 0 Å². The Kier molecular flexibility index (Phi) is 5.67. The lowest BCUT2D eigenvalue weighted by Crippen LogP contribution is -2.62. The molecule has 0 aromatic carbocycles. The number of nitrogens with one attached hydrogen (secondary N) is 1. The summed E-state index contributed by atoms with van der Waals surface area (Å²) in [5, 5.41) is 3.56. The molecule has 2 atom stereocenters. The van der Waals surface area contributed by atoms with E-state index < -0.39 is 5.54 Å². The van der Waals surface area contributed by atoms with Crippen molar-refractivity contribution in [1.82, 2.24) is 10.2 Å². The van der Waals surface area contributed by atoms with Crippen LogP contribution in [0.2, 0.25) is 0 Å². The number of carbonyl (C=O) groups excluding carboxylic acids is 1. The Morgan fingerprint density at radius 3 is 2.62 bits per heavy atom. The standard InChI is InChI=1S/C17H32N2O2/c1-5-6-14-9-10-19(11-14)12-17(15-7-8-15,16(20)21-4)18-13(2)3/h13-15,18H,5-12H2,1-4H3. The molecule has 1 saturated heterocycles. The Labute approximate surface area is 129 Å². The van der Waals surface area contributed by atoms with Gasteiger partial charge in [-0.05, 0) is 57.9 Å². The van der Waals surface area contributed by atoms with Crippen molar-refractivity contribution in [3.63, 3.8) is 0 Å². The average Bonchev–Trinajstić information content (AvgIpc) is 3.20. The first-order valence-electron chi connectivity index (χ1n) is 8.60. The summed E-state index contributed by atoms with van der Waals surface area (Å²) in [5.74, 6) is 1.18. The highest BCUT2D eigenvalue weighted by molar-refractivity contribution is 5.82. The monoisotopic (exact) mass is 296 g/mol. The number of hydrogen-bond donors (Lipinski definition) is 1. The Morgan fingerprint density at radius 2 is 2.10 bits per heavy atom. The zero-order valence-electron chi connectivity index (χ0n) is 14.2. The van der Waals surface area contributed by atoms with Crippen LogP contribution in [0, 0.1) is 11.8 Å². The van der Waals surface area contributed by atoms with Crippen LogP contribution >= 0.6 is 0 Å². The van der Waals surface area contributed by atoms with Crippen LogP contribution in [0.1, 0.15) is 52.9 Å². The van der Waals surface area contributed by atoms with Crippen molar-refractivity contribution >= 4 is 5.97 Å². The van der Waals surface area contributed by atoms with Crippen molar-refractivity contribution in [2.45, 2.75) is 64.5 Å². The first-order chi connectivity index (χ1) is 10.0. The van der Waals surface area contributed by atoms with Crippen LogP contribution in [0.3, 0.4) is 0 Å². The molecule has 0 aromatic rings. The van der Waals surface area contributed by atoms with E-state index in [0.29, 0.717) is 12.0 Å². The summed E-state index contributed by atoms with van der Waals surface area (Å²) >= 11 is 0. The summed E-state index contributed by atoms with van der Waals surface area (Å²) in [7, 11) is 1.52. The minimum absolute atomic E-state index is 0.0716. The van der Waals surface area contributed by atoms with Gasteiger partial charge < -0.3 is 9.64 Å². The molecule has 1 heterocycles. The van der Waals surface area contributed by atoms with Gasteiger partial charge in [-0.2, -0.15) is 0 Å². The third-order valence-corrected chi connectivity index (χ3v) is 4.91. The molecule has 1 N–H and O–H groups in total. The summed E-state index contributed by atoms with van der Waals surface area (Å²) in [5.41, 5.74) is -0.496. The zero-order valence-corrected chi connectivity index (χ0v) is 14.2. The van der Waals surface area contributed by atoms with E-state index in [1.807, 2.05) is 0 Å². The molecule has 2 aliphatic rings. The highest BCUT2D eigenvalue weighted by Crippen LogP contribution is 2.42. The van der Waals surface area contributed by atoms with Gasteiger partial charge in [-0.1, -0.05) is 13.3 Å². The van der Waals surface area contributed by atoms with Gasteiger partial charge in [0.2, 0.25) is 0 Å². The molecule has 2 fully saturated rings. The van der Waals surface area contributed by atoms with E-state index in [1.54, 1.807) is 0 Å². The van der Waals surface area contributed by atoms with E-state index in [4.69, 9.17) is 4.74 Å². The van der Waals surface area contributed by atoms with Crippen LogP contribution in [0.15, 0.2) is 0 Å². The molecule has 21 heavy (non-hydrogen) atoms. The zero-order chi connectivity index (χ0) is 15.5. The van der Waals surface area contributed by atoms with Crippen molar-refractivity contribution < 1.29 is 9.53 Å². The maximum absolute atomic E-state index is 12.5. The summed E-state index contributed by atoms with van der Waals surface area (Å²) < 4.78 is 5.17. The summed E-state index contributed by atoms with van der Waals surface area (Å²) in [6, 6.07) is 0.291. The maximum atomic E-state index is 12.5. The lowest BCUT2D eigenvalue weighted by molar-refractivity contribution is -0.151. The van der Waals surface area contributed by atoms with Crippen LogP contribution in [-0.4, -0.2) is 49.2 Å². The fourth-order valence-electron chi connectivity index (χ4n) is 3.91. The SMILES string of the molecule is CCCC1CCN(CC(NC(C)C)(C(=O)OC)C2CC2)C1. The molecular weight excluding hydrogens is 264 g/mol. The Balaban J connectivity index is 2.07. The second-order valence-corrected chi connectivity index (χ2v) is 7.21. The third-order valence-electron chi connectivity index (χ3n) is 4.91. The molecule has 0 radical (unpaired) electrons. The molecule has 1 aliphatic heterocycles. The molecular formula is C17H32N2O2. The van der Waals surface area contributed by atoms with Crippen LogP contribution in [0.5, 0.6) is 0 Å². The summed E-state index contributed by atoms with van der Waals surface area (Å²) in [6.07, 6.45) is 6.12. The van der Waals surface area contributed by atoms with Gasteiger partial charge in [0, 0.05) is 19.1 Å². The number of ether oxygens (including phenoxy) is 1. The number of carbonyl (C=O) groups is 1. The molecule has 1 saturated carbocycles. The second kappa shape index (κ2) is 7.10. The van der Waals surface area contributed by atoms with Crippen LogP contribution in [0.25, 0.3) is 0 Å². The van der Waals surface area contributed by atoms with Gasteiger partial charge in [0.25, 0.3) is 0 Å². The second-order valence-electron chi connectivity index (χ2n) is 7.21. The number of nitrogens with zero attached hydrogens (tertiary/aromatic N) is 1. The first kappa shape index (κ1) is 16.8. The smallest absolute Gasteiger partial charge is 0.327 e. The molecule has 4 nitrogen and oxygen atoms in total. The molecule has 2 rings (SSSR count). The summed E-state index contributed by atoms with van der Waals surface area (Å²) in [4.78, 5) is 15.0. The number of methoxy groups -OCH3 is 1. The highest BCUT2D eigenvalue weighted by atomic mass is 16.5. The number of rotatable bonds is 8. The van der Waals surface area contributed by atoms with Crippen molar-refractivity contribution in [2.75, 3.05) is 26.7 Å². The molecule has 0 bridgehead atoms. The average molecular weight is 296 g/mol. The molecule has 0 amide bonds.